The molecule has 1 aliphatic rings. The van der Waals surface area contributed by atoms with Gasteiger partial charge in [0, 0.05) is 25.2 Å². The summed E-state index contributed by atoms with van der Waals surface area (Å²) in [5, 5.41) is 2.79. The molecule has 7 heteroatoms. The van der Waals surface area contributed by atoms with E-state index < -0.39 is 0 Å². The van der Waals surface area contributed by atoms with E-state index in [1.165, 1.54) is 6.26 Å². The van der Waals surface area contributed by atoms with Gasteiger partial charge in [0.2, 0.25) is 5.91 Å². The predicted molar refractivity (Wildman–Crippen MR) is 98.1 cm³/mol. The Balaban J connectivity index is 1.61. The minimum atomic E-state index is -0.384. The van der Waals surface area contributed by atoms with Crippen molar-refractivity contribution in [3.63, 3.8) is 0 Å². The smallest absolute Gasteiger partial charge is 0.306 e. The molecule has 1 aromatic carbocycles. The third-order valence-electron chi connectivity index (χ3n) is 4.38. The van der Waals surface area contributed by atoms with Gasteiger partial charge in [0.05, 0.1) is 19.3 Å². The molecule has 2 aromatic rings. The second kappa shape index (κ2) is 8.53. The van der Waals surface area contributed by atoms with Gasteiger partial charge in [-0.3, -0.25) is 14.4 Å². The molecule has 0 aliphatic carbocycles. The van der Waals surface area contributed by atoms with Crippen molar-refractivity contribution in [3.05, 3.63) is 53.5 Å². The van der Waals surface area contributed by atoms with Crippen LogP contribution in [0.15, 0.2) is 41.0 Å². The summed E-state index contributed by atoms with van der Waals surface area (Å²) < 4.78 is 10.0. The lowest BCUT2D eigenvalue weighted by molar-refractivity contribution is -0.144. The quantitative estimate of drug-likeness (QED) is 0.790. The number of esters is 1. The molecular weight excluding hydrogens is 348 g/mol. The van der Waals surface area contributed by atoms with Crippen molar-refractivity contribution in [2.45, 2.75) is 32.7 Å². The lowest BCUT2D eigenvalue weighted by Gasteiger charge is -2.28. The molecular formula is C20H22N2O5. The summed E-state index contributed by atoms with van der Waals surface area (Å²) in [4.78, 5) is 37.5. The summed E-state index contributed by atoms with van der Waals surface area (Å²) in [7, 11) is 0. The molecule has 1 N–H and O–H groups in total. The highest BCUT2D eigenvalue weighted by molar-refractivity contribution is 5.93. The lowest BCUT2D eigenvalue weighted by Crippen LogP contribution is -2.35. The van der Waals surface area contributed by atoms with E-state index in [0.717, 1.165) is 17.5 Å². The first kappa shape index (κ1) is 18.7. The molecule has 0 atom stereocenters. The Morgan fingerprint density at radius 2 is 2.04 bits per heavy atom. The summed E-state index contributed by atoms with van der Waals surface area (Å²) in [6.45, 7) is 3.11. The van der Waals surface area contributed by atoms with Crippen molar-refractivity contribution < 1.29 is 23.5 Å². The highest BCUT2D eigenvalue weighted by Crippen LogP contribution is 2.24. The van der Waals surface area contributed by atoms with Crippen LogP contribution in [0.1, 0.15) is 41.4 Å². The first-order valence-corrected chi connectivity index (χ1v) is 8.97. The molecule has 0 saturated carbocycles. The lowest BCUT2D eigenvalue weighted by atomic mass is 9.98. The average Bonchev–Trinajstić information content (AvgIpc) is 3.20. The van der Waals surface area contributed by atoms with Crippen molar-refractivity contribution in [1.29, 1.82) is 0 Å². The third kappa shape index (κ3) is 4.75. The summed E-state index contributed by atoms with van der Waals surface area (Å²) in [6, 6.07) is 9.02. The van der Waals surface area contributed by atoms with Crippen LogP contribution in [0.2, 0.25) is 0 Å². The zero-order valence-corrected chi connectivity index (χ0v) is 15.2. The molecule has 0 spiro atoms. The molecule has 3 rings (SSSR count). The Morgan fingerprint density at radius 1 is 1.19 bits per heavy atom. The summed E-state index contributed by atoms with van der Waals surface area (Å²) >= 11 is 0. The van der Waals surface area contributed by atoms with E-state index in [1.54, 1.807) is 24.0 Å². The maximum atomic E-state index is 12.5. The van der Waals surface area contributed by atoms with E-state index in [9.17, 15) is 14.4 Å². The number of fused-ring (bicyclic) bond motifs is 1. The van der Waals surface area contributed by atoms with Crippen molar-refractivity contribution in [3.8, 4) is 0 Å². The van der Waals surface area contributed by atoms with Crippen molar-refractivity contribution in [1.82, 2.24) is 4.90 Å². The molecule has 2 heterocycles. The van der Waals surface area contributed by atoms with Crippen LogP contribution in [0, 0.1) is 0 Å². The summed E-state index contributed by atoms with van der Waals surface area (Å²) in [6.07, 6.45) is 2.35. The Bertz CT molecular complexity index is 829. The van der Waals surface area contributed by atoms with E-state index in [4.69, 9.17) is 9.15 Å². The van der Waals surface area contributed by atoms with Gasteiger partial charge in [0.25, 0.3) is 5.91 Å². The Labute approximate surface area is 157 Å². The van der Waals surface area contributed by atoms with Crippen molar-refractivity contribution in [2.24, 2.45) is 0 Å². The molecule has 27 heavy (non-hydrogen) atoms. The predicted octanol–water partition coefficient (Wildman–Crippen LogP) is 2.76. The van der Waals surface area contributed by atoms with Crippen LogP contribution in [0.3, 0.4) is 0 Å². The molecule has 2 amide bonds. The first-order chi connectivity index (χ1) is 13.1. The maximum absolute atomic E-state index is 12.5. The summed E-state index contributed by atoms with van der Waals surface area (Å²) in [5.74, 6) is -0.455. The second-order valence-electron chi connectivity index (χ2n) is 6.29. The molecule has 0 unspecified atom stereocenters. The minimum absolute atomic E-state index is 0.0516. The zero-order valence-electron chi connectivity index (χ0n) is 15.2. The number of nitrogens with zero attached hydrogens (tertiary/aromatic N) is 1. The highest BCUT2D eigenvalue weighted by atomic mass is 16.5. The van der Waals surface area contributed by atoms with E-state index in [1.807, 2.05) is 18.2 Å². The van der Waals surface area contributed by atoms with E-state index in [2.05, 4.69) is 5.32 Å². The van der Waals surface area contributed by atoms with Crippen LogP contribution >= 0.6 is 0 Å². The highest BCUT2D eigenvalue weighted by Gasteiger charge is 2.23. The molecule has 0 fully saturated rings. The van der Waals surface area contributed by atoms with Gasteiger partial charge in [-0.15, -0.1) is 0 Å². The second-order valence-corrected chi connectivity index (χ2v) is 6.29. The number of benzene rings is 1. The Hall–Kier alpha value is -3.09. The normalized spacial score (nSPS) is 13.0. The number of ether oxygens (including phenoxy) is 1. The topological polar surface area (TPSA) is 88.9 Å². The van der Waals surface area contributed by atoms with Crippen LogP contribution < -0.4 is 5.32 Å². The van der Waals surface area contributed by atoms with Crippen LogP contribution in [0.4, 0.5) is 5.69 Å². The number of hydrogen-bond donors (Lipinski definition) is 1. The number of anilines is 1. The summed E-state index contributed by atoms with van der Waals surface area (Å²) in [5.41, 5.74) is 2.79. The van der Waals surface area contributed by atoms with E-state index >= 15 is 0 Å². The fourth-order valence-electron chi connectivity index (χ4n) is 3.04. The number of rotatable bonds is 6. The zero-order chi connectivity index (χ0) is 19.2. The number of carbonyl (C=O) groups is 3. The average molecular weight is 370 g/mol. The Kier molecular flexibility index (Phi) is 5.90. The molecule has 0 radical (unpaired) electrons. The third-order valence-corrected chi connectivity index (χ3v) is 4.38. The molecule has 0 saturated heterocycles. The first-order valence-electron chi connectivity index (χ1n) is 8.97. The molecule has 1 aliphatic heterocycles. The van der Waals surface area contributed by atoms with Gasteiger partial charge in [-0.25, -0.2) is 0 Å². The van der Waals surface area contributed by atoms with Gasteiger partial charge in [-0.05, 0) is 48.7 Å². The van der Waals surface area contributed by atoms with Gasteiger partial charge in [0.15, 0.2) is 5.76 Å². The Morgan fingerprint density at radius 3 is 2.78 bits per heavy atom. The van der Waals surface area contributed by atoms with Crippen LogP contribution in [0.25, 0.3) is 0 Å². The van der Waals surface area contributed by atoms with Crippen LogP contribution in [-0.2, 0) is 27.3 Å². The molecule has 7 nitrogen and oxygen atoms in total. The number of amides is 2. The minimum Gasteiger partial charge on any atom is -0.466 e. The van der Waals surface area contributed by atoms with Gasteiger partial charge in [-0.1, -0.05) is 6.07 Å². The fraction of sp³-hybridized carbons (Fsp3) is 0.350. The van der Waals surface area contributed by atoms with Gasteiger partial charge >= 0.3 is 5.97 Å². The number of furan rings is 1. The van der Waals surface area contributed by atoms with Crippen LogP contribution in [-0.4, -0.2) is 35.8 Å². The van der Waals surface area contributed by atoms with Crippen LogP contribution in [0.5, 0.6) is 0 Å². The molecule has 1 aromatic heterocycles. The monoisotopic (exact) mass is 370 g/mol. The number of carbonyl (C=O) groups excluding carboxylic acids is 3. The molecule has 142 valence electrons. The number of hydrogen-bond acceptors (Lipinski definition) is 5. The van der Waals surface area contributed by atoms with Crippen molar-refractivity contribution >= 4 is 23.5 Å². The van der Waals surface area contributed by atoms with Crippen molar-refractivity contribution in [2.75, 3.05) is 18.5 Å². The molecule has 0 bridgehead atoms. The SMILES string of the molecule is CCOC(=O)CCC(=O)Nc1ccc2c(c1)CN(C(=O)c1ccco1)CC2. The van der Waals surface area contributed by atoms with E-state index in [-0.39, 0.29) is 30.6 Å². The largest absolute Gasteiger partial charge is 0.466 e. The number of nitrogens with one attached hydrogen (secondary N) is 1. The van der Waals surface area contributed by atoms with Gasteiger partial charge < -0.3 is 19.4 Å². The van der Waals surface area contributed by atoms with E-state index in [0.29, 0.717) is 31.1 Å². The standard InChI is InChI=1S/C20H22N2O5/c1-2-26-19(24)8-7-18(23)21-16-6-5-14-9-10-22(13-15(14)12-16)20(25)17-4-3-11-27-17/h3-6,11-12H,2,7-10,13H2,1H3,(H,21,23). The maximum Gasteiger partial charge on any atom is 0.306 e. The fourth-order valence-corrected chi connectivity index (χ4v) is 3.04. The van der Waals surface area contributed by atoms with Gasteiger partial charge in [0.1, 0.15) is 0 Å². The van der Waals surface area contributed by atoms with Gasteiger partial charge in [-0.2, -0.15) is 0 Å².